The molecule has 2 rings (SSSR count). The van der Waals surface area contributed by atoms with Crippen LogP contribution in [0.1, 0.15) is 17.2 Å². The molecule has 0 heterocycles. The number of aliphatic hydroxyl groups is 1. The number of hydrogen-bond acceptors (Lipinski definition) is 1. The molecule has 0 fully saturated rings. The predicted octanol–water partition coefficient (Wildman–Crippen LogP) is 3.84. The molecule has 0 aliphatic rings. The first-order valence-corrected chi connectivity index (χ1v) is 5.45. The first kappa shape index (κ1) is 12.9. The van der Waals surface area contributed by atoms with Gasteiger partial charge in [-0.2, -0.15) is 0 Å². The average molecular weight is 273 g/mol. The van der Waals surface area contributed by atoms with Crippen LogP contribution in [0.15, 0.2) is 36.4 Å². The number of aliphatic hydroxyl groups excluding tert-OH is 1. The second-order valence-corrected chi connectivity index (χ2v) is 4.14. The average Bonchev–Trinajstić information content (AvgIpc) is 2.31. The van der Waals surface area contributed by atoms with Crippen molar-refractivity contribution in [3.05, 3.63) is 70.0 Å². The van der Waals surface area contributed by atoms with E-state index in [1.54, 1.807) is 0 Å². The molecule has 0 radical (unpaired) electrons. The van der Waals surface area contributed by atoms with Crippen LogP contribution in [0, 0.1) is 17.5 Å². The number of rotatable bonds is 2. The van der Waals surface area contributed by atoms with Gasteiger partial charge in [-0.05, 0) is 24.3 Å². The number of halogens is 4. The molecule has 2 aromatic carbocycles. The van der Waals surface area contributed by atoms with E-state index in [4.69, 9.17) is 11.6 Å². The highest BCUT2D eigenvalue weighted by molar-refractivity contribution is 6.31. The molecule has 0 aromatic heterocycles. The van der Waals surface area contributed by atoms with Crippen LogP contribution in [0.4, 0.5) is 13.2 Å². The molecule has 0 spiro atoms. The Morgan fingerprint density at radius 1 is 0.889 bits per heavy atom. The van der Waals surface area contributed by atoms with Crippen molar-refractivity contribution in [2.45, 2.75) is 6.10 Å². The molecule has 0 amide bonds. The molecule has 0 bridgehead atoms. The van der Waals surface area contributed by atoms with Crippen molar-refractivity contribution < 1.29 is 18.3 Å². The Kier molecular flexibility index (Phi) is 3.59. The van der Waals surface area contributed by atoms with E-state index in [0.29, 0.717) is 6.07 Å². The fourth-order valence-electron chi connectivity index (χ4n) is 1.61. The molecule has 2 aromatic rings. The third kappa shape index (κ3) is 2.49. The summed E-state index contributed by atoms with van der Waals surface area (Å²) < 4.78 is 39.3. The van der Waals surface area contributed by atoms with Crippen molar-refractivity contribution in [1.29, 1.82) is 0 Å². The Labute approximate surface area is 106 Å². The lowest BCUT2D eigenvalue weighted by molar-refractivity contribution is 0.214. The molecule has 0 aliphatic carbocycles. The van der Waals surface area contributed by atoms with Crippen molar-refractivity contribution in [2.24, 2.45) is 0 Å². The highest BCUT2D eigenvalue weighted by Gasteiger charge is 2.18. The summed E-state index contributed by atoms with van der Waals surface area (Å²) in [6, 6.07) is 6.14. The van der Waals surface area contributed by atoms with Gasteiger partial charge in [0.15, 0.2) is 0 Å². The van der Waals surface area contributed by atoms with Crippen LogP contribution in [-0.4, -0.2) is 5.11 Å². The second kappa shape index (κ2) is 5.00. The van der Waals surface area contributed by atoms with Gasteiger partial charge in [0, 0.05) is 22.2 Å². The van der Waals surface area contributed by atoms with E-state index >= 15 is 0 Å². The SMILES string of the molecule is OC(c1ccc(F)cc1F)c1cc(F)ccc1Cl. The molecular formula is C13H8ClF3O. The molecule has 1 nitrogen and oxygen atoms in total. The minimum atomic E-state index is -1.45. The van der Waals surface area contributed by atoms with Gasteiger partial charge in [0.25, 0.3) is 0 Å². The Morgan fingerprint density at radius 3 is 2.17 bits per heavy atom. The topological polar surface area (TPSA) is 20.2 Å². The summed E-state index contributed by atoms with van der Waals surface area (Å²) in [6.45, 7) is 0. The summed E-state index contributed by atoms with van der Waals surface area (Å²) in [5.41, 5.74) is -0.133. The van der Waals surface area contributed by atoms with Crippen LogP contribution in [0.25, 0.3) is 0 Å². The molecule has 1 N–H and O–H groups in total. The molecule has 18 heavy (non-hydrogen) atoms. The van der Waals surface area contributed by atoms with Gasteiger partial charge in [-0.25, -0.2) is 13.2 Å². The minimum Gasteiger partial charge on any atom is -0.383 e. The summed E-state index contributed by atoms with van der Waals surface area (Å²) in [5.74, 6) is -2.27. The molecule has 1 unspecified atom stereocenters. The highest BCUT2D eigenvalue weighted by atomic mass is 35.5. The van der Waals surface area contributed by atoms with E-state index in [9.17, 15) is 18.3 Å². The normalized spacial score (nSPS) is 12.5. The molecule has 1 atom stereocenters. The number of hydrogen-bond donors (Lipinski definition) is 1. The van der Waals surface area contributed by atoms with Gasteiger partial charge in [0.2, 0.25) is 0 Å². The lowest BCUT2D eigenvalue weighted by Crippen LogP contribution is -2.04. The van der Waals surface area contributed by atoms with Gasteiger partial charge in [-0.3, -0.25) is 0 Å². The lowest BCUT2D eigenvalue weighted by atomic mass is 10.0. The zero-order valence-corrected chi connectivity index (χ0v) is 9.76. The summed E-state index contributed by atoms with van der Waals surface area (Å²) in [4.78, 5) is 0. The summed E-state index contributed by atoms with van der Waals surface area (Å²) >= 11 is 5.80. The number of benzene rings is 2. The summed E-state index contributed by atoms with van der Waals surface area (Å²) in [5, 5.41) is 10.1. The van der Waals surface area contributed by atoms with Crippen molar-refractivity contribution >= 4 is 11.6 Å². The molecular weight excluding hydrogens is 265 g/mol. The Bertz CT molecular complexity index is 586. The monoisotopic (exact) mass is 272 g/mol. The third-order valence-corrected chi connectivity index (χ3v) is 2.85. The van der Waals surface area contributed by atoms with Gasteiger partial charge in [0.05, 0.1) is 0 Å². The largest absolute Gasteiger partial charge is 0.383 e. The van der Waals surface area contributed by atoms with E-state index in [2.05, 4.69) is 0 Å². The Balaban J connectivity index is 2.47. The van der Waals surface area contributed by atoms with E-state index < -0.39 is 23.6 Å². The fourth-order valence-corrected chi connectivity index (χ4v) is 1.84. The van der Waals surface area contributed by atoms with E-state index in [0.717, 1.165) is 24.3 Å². The first-order valence-electron chi connectivity index (χ1n) is 5.07. The molecule has 5 heteroatoms. The smallest absolute Gasteiger partial charge is 0.132 e. The maximum absolute atomic E-state index is 13.5. The standard InChI is InChI=1S/C13H8ClF3O/c14-11-4-2-7(15)5-10(11)13(18)9-3-1-8(16)6-12(9)17/h1-6,13,18H. The minimum absolute atomic E-state index is 0.0298. The van der Waals surface area contributed by atoms with Crippen LogP contribution < -0.4 is 0 Å². The maximum Gasteiger partial charge on any atom is 0.132 e. The van der Waals surface area contributed by atoms with Gasteiger partial charge < -0.3 is 5.11 Å². The van der Waals surface area contributed by atoms with Crippen molar-refractivity contribution in [1.82, 2.24) is 0 Å². The van der Waals surface area contributed by atoms with Gasteiger partial charge >= 0.3 is 0 Å². The molecule has 0 aliphatic heterocycles. The van der Waals surface area contributed by atoms with Gasteiger partial charge in [-0.1, -0.05) is 17.7 Å². The third-order valence-electron chi connectivity index (χ3n) is 2.51. The molecule has 94 valence electrons. The van der Waals surface area contributed by atoms with Gasteiger partial charge in [-0.15, -0.1) is 0 Å². The van der Waals surface area contributed by atoms with E-state index in [1.165, 1.54) is 6.07 Å². The van der Waals surface area contributed by atoms with Crippen LogP contribution in [0.3, 0.4) is 0 Å². The Morgan fingerprint density at radius 2 is 1.50 bits per heavy atom. The van der Waals surface area contributed by atoms with Crippen LogP contribution in [0.5, 0.6) is 0 Å². The summed E-state index contributed by atoms with van der Waals surface area (Å²) in [7, 11) is 0. The first-order chi connectivity index (χ1) is 8.49. The van der Waals surface area contributed by atoms with E-state index in [1.807, 2.05) is 0 Å². The van der Waals surface area contributed by atoms with Gasteiger partial charge in [0.1, 0.15) is 23.6 Å². The zero-order chi connectivity index (χ0) is 13.3. The fraction of sp³-hybridized carbons (Fsp3) is 0.0769. The van der Waals surface area contributed by atoms with Crippen LogP contribution >= 0.6 is 11.6 Å². The summed E-state index contributed by atoms with van der Waals surface area (Å²) in [6.07, 6.45) is -1.45. The molecule has 0 saturated heterocycles. The maximum atomic E-state index is 13.5. The molecule has 0 saturated carbocycles. The quantitative estimate of drug-likeness (QED) is 0.881. The zero-order valence-electron chi connectivity index (χ0n) is 9.00. The van der Waals surface area contributed by atoms with Crippen LogP contribution in [0.2, 0.25) is 5.02 Å². The predicted molar refractivity (Wildman–Crippen MR) is 61.8 cm³/mol. The van der Waals surface area contributed by atoms with Crippen LogP contribution in [-0.2, 0) is 0 Å². The lowest BCUT2D eigenvalue weighted by Gasteiger charge is -2.14. The van der Waals surface area contributed by atoms with Crippen molar-refractivity contribution in [2.75, 3.05) is 0 Å². The Hall–Kier alpha value is -1.52. The second-order valence-electron chi connectivity index (χ2n) is 3.73. The van der Waals surface area contributed by atoms with Crippen molar-refractivity contribution in [3.63, 3.8) is 0 Å². The van der Waals surface area contributed by atoms with Crippen molar-refractivity contribution in [3.8, 4) is 0 Å². The highest BCUT2D eigenvalue weighted by Crippen LogP contribution is 2.30. The van der Waals surface area contributed by atoms with E-state index in [-0.39, 0.29) is 16.1 Å².